The summed E-state index contributed by atoms with van der Waals surface area (Å²) in [6, 6.07) is 4.53. The number of nitrogens with zero attached hydrogens (tertiary/aromatic N) is 4. The Labute approximate surface area is 183 Å². The molecule has 2 N–H and O–H groups in total. The molecular weight excluding hydrogens is 424 g/mol. The number of anilines is 2. The molecule has 0 atom stereocenters. The first-order valence-corrected chi connectivity index (χ1v) is 9.78. The summed E-state index contributed by atoms with van der Waals surface area (Å²) in [7, 11) is 3.04. The normalized spacial score (nSPS) is 10.6. The maximum Gasteiger partial charge on any atom is 0.421 e. The molecule has 0 unspecified atom stereocenters. The number of halogens is 1. The van der Waals surface area contributed by atoms with Crippen molar-refractivity contribution in [1.82, 2.24) is 25.2 Å². The predicted octanol–water partition coefficient (Wildman–Crippen LogP) is 2.54. The van der Waals surface area contributed by atoms with E-state index in [4.69, 9.17) is 16.3 Å². The number of benzene rings is 1. The Morgan fingerprint density at radius 1 is 1.16 bits per heavy atom. The van der Waals surface area contributed by atoms with E-state index in [9.17, 15) is 14.4 Å². The van der Waals surface area contributed by atoms with E-state index in [1.807, 2.05) is 0 Å². The molecule has 0 saturated heterocycles. The number of aromatic nitrogens is 3. The van der Waals surface area contributed by atoms with Crippen LogP contribution in [0.25, 0.3) is 5.52 Å². The van der Waals surface area contributed by atoms with E-state index in [1.165, 1.54) is 29.8 Å². The molecular formula is C20H21ClN6O4. The van der Waals surface area contributed by atoms with Crippen molar-refractivity contribution in [2.75, 3.05) is 25.1 Å². The Hall–Kier alpha value is -3.66. The SMILES string of the molecule is CNC(=O)c1ccc(C)c(N(C(=O)OCCl)c2ncnn3cc(C(=O)NC)c(C)c23)c1. The number of nitrogens with one attached hydrogen (secondary N) is 2. The summed E-state index contributed by atoms with van der Waals surface area (Å²) in [5, 5.41) is 9.29. The van der Waals surface area contributed by atoms with Crippen molar-refractivity contribution in [2.24, 2.45) is 0 Å². The lowest BCUT2D eigenvalue weighted by atomic mass is 10.1. The number of aryl methyl sites for hydroxylation is 2. The monoisotopic (exact) mass is 444 g/mol. The standard InChI is InChI=1S/C20H21ClN6O4/c1-11-5-6-13(18(28)22-3)7-15(11)27(20(30)31-9-21)17-16-12(2)14(19(29)23-4)8-26(16)25-10-24-17/h5-8,10H,9H2,1-4H3,(H,22,28)(H,23,29). The van der Waals surface area contributed by atoms with E-state index < -0.39 is 6.09 Å². The molecule has 0 aliphatic heterocycles. The molecule has 2 heterocycles. The van der Waals surface area contributed by atoms with Crippen LogP contribution < -0.4 is 15.5 Å². The van der Waals surface area contributed by atoms with Crippen LogP contribution in [0.3, 0.4) is 0 Å². The predicted molar refractivity (Wildman–Crippen MR) is 115 cm³/mol. The molecule has 11 heteroatoms. The maximum absolute atomic E-state index is 13.0. The zero-order valence-electron chi connectivity index (χ0n) is 17.4. The molecule has 0 fully saturated rings. The van der Waals surface area contributed by atoms with Crippen molar-refractivity contribution >= 4 is 46.5 Å². The lowest BCUT2D eigenvalue weighted by Crippen LogP contribution is -2.29. The van der Waals surface area contributed by atoms with Crippen LogP contribution in [0.1, 0.15) is 31.8 Å². The zero-order chi connectivity index (χ0) is 22.7. The van der Waals surface area contributed by atoms with Gasteiger partial charge in [-0.3, -0.25) is 9.59 Å². The number of hydrogen-bond acceptors (Lipinski definition) is 6. The van der Waals surface area contributed by atoms with Crippen molar-refractivity contribution in [3.63, 3.8) is 0 Å². The molecule has 2 aromatic heterocycles. The van der Waals surface area contributed by atoms with E-state index in [2.05, 4.69) is 20.7 Å². The number of ether oxygens (including phenoxy) is 1. The minimum atomic E-state index is -0.796. The van der Waals surface area contributed by atoms with Gasteiger partial charge in [0, 0.05) is 25.9 Å². The molecule has 162 valence electrons. The number of carbonyl (C=O) groups is 3. The molecule has 0 spiro atoms. The smallest absolute Gasteiger partial charge is 0.421 e. The highest BCUT2D eigenvalue weighted by Gasteiger charge is 2.28. The average molecular weight is 445 g/mol. The number of rotatable bonds is 5. The molecule has 0 bridgehead atoms. The first-order valence-electron chi connectivity index (χ1n) is 9.24. The van der Waals surface area contributed by atoms with Gasteiger partial charge in [-0.15, -0.1) is 0 Å². The Balaban J connectivity index is 2.30. The summed E-state index contributed by atoms with van der Waals surface area (Å²) in [6.07, 6.45) is 2.01. The number of carbonyl (C=O) groups excluding carboxylic acids is 3. The number of hydrogen-bond donors (Lipinski definition) is 2. The fraction of sp³-hybridized carbons (Fsp3) is 0.250. The average Bonchev–Trinajstić information content (AvgIpc) is 3.11. The van der Waals surface area contributed by atoms with Crippen LogP contribution in [-0.4, -0.2) is 52.7 Å². The summed E-state index contributed by atoms with van der Waals surface area (Å²) in [5.74, 6) is -0.447. The minimum Gasteiger partial charge on any atom is -0.433 e. The molecule has 0 radical (unpaired) electrons. The molecule has 3 aromatic rings. The summed E-state index contributed by atoms with van der Waals surface area (Å²) in [4.78, 5) is 42.9. The second-order valence-corrected chi connectivity index (χ2v) is 6.78. The van der Waals surface area contributed by atoms with E-state index >= 15 is 0 Å². The van der Waals surface area contributed by atoms with Crippen LogP contribution in [0.2, 0.25) is 0 Å². The van der Waals surface area contributed by atoms with Gasteiger partial charge in [-0.1, -0.05) is 17.7 Å². The van der Waals surface area contributed by atoms with Gasteiger partial charge in [0.1, 0.15) is 11.8 Å². The Morgan fingerprint density at radius 3 is 2.52 bits per heavy atom. The summed E-state index contributed by atoms with van der Waals surface area (Å²) < 4.78 is 6.52. The molecule has 1 aromatic carbocycles. The topological polar surface area (TPSA) is 118 Å². The lowest BCUT2D eigenvalue weighted by molar-refractivity contribution is 0.0954. The zero-order valence-corrected chi connectivity index (χ0v) is 18.1. The Bertz CT molecular complexity index is 1180. The number of amides is 3. The van der Waals surface area contributed by atoms with Crippen LogP contribution in [0.15, 0.2) is 30.7 Å². The van der Waals surface area contributed by atoms with Crippen molar-refractivity contribution in [3.05, 3.63) is 53.0 Å². The minimum absolute atomic E-state index is 0.176. The van der Waals surface area contributed by atoms with Crippen LogP contribution in [0.4, 0.5) is 16.3 Å². The van der Waals surface area contributed by atoms with Crippen LogP contribution >= 0.6 is 11.6 Å². The van der Waals surface area contributed by atoms with Crippen LogP contribution in [0.5, 0.6) is 0 Å². The fourth-order valence-electron chi connectivity index (χ4n) is 3.21. The van der Waals surface area contributed by atoms with E-state index in [-0.39, 0.29) is 23.7 Å². The van der Waals surface area contributed by atoms with Crippen molar-refractivity contribution in [3.8, 4) is 0 Å². The molecule has 0 aliphatic carbocycles. The second kappa shape index (κ2) is 9.00. The van der Waals surface area contributed by atoms with Gasteiger partial charge in [0.05, 0.1) is 11.3 Å². The summed E-state index contributed by atoms with van der Waals surface area (Å²) in [6.45, 7) is 3.51. The van der Waals surface area contributed by atoms with Crippen LogP contribution in [-0.2, 0) is 4.74 Å². The highest BCUT2D eigenvalue weighted by Crippen LogP contribution is 2.34. The Kier molecular flexibility index (Phi) is 6.40. The fourth-order valence-corrected chi connectivity index (χ4v) is 3.31. The first-order chi connectivity index (χ1) is 14.8. The largest absolute Gasteiger partial charge is 0.433 e. The van der Waals surface area contributed by atoms with Gasteiger partial charge in [-0.2, -0.15) is 5.10 Å². The summed E-state index contributed by atoms with van der Waals surface area (Å²) >= 11 is 5.65. The van der Waals surface area contributed by atoms with Gasteiger partial charge in [0.15, 0.2) is 11.9 Å². The van der Waals surface area contributed by atoms with E-state index in [0.717, 1.165) is 0 Å². The first kappa shape index (κ1) is 22.0. The summed E-state index contributed by atoms with van der Waals surface area (Å²) in [5.41, 5.74) is 2.78. The molecule has 0 saturated carbocycles. The third-order valence-electron chi connectivity index (χ3n) is 4.79. The van der Waals surface area contributed by atoms with Gasteiger partial charge in [0.2, 0.25) is 0 Å². The lowest BCUT2D eigenvalue weighted by Gasteiger charge is -2.23. The van der Waals surface area contributed by atoms with E-state index in [0.29, 0.717) is 33.5 Å². The van der Waals surface area contributed by atoms with E-state index in [1.54, 1.807) is 38.2 Å². The van der Waals surface area contributed by atoms with Gasteiger partial charge in [-0.25, -0.2) is 19.2 Å². The maximum atomic E-state index is 13.0. The molecule has 10 nitrogen and oxygen atoms in total. The Morgan fingerprint density at radius 2 is 1.87 bits per heavy atom. The highest BCUT2D eigenvalue weighted by atomic mass is 35.5. The van der Waals surface area contributed by atoms with Crippen molar-refractivity contribution in [1.29, 1.82) is 0 Å². The van der Waals surface area contributed by atoms with Crippen LogP contribution in [0, 0.1) is 13.8 Å². The van der Waals surface area contributed by atoms with Gasteiger partial charge < -0.3 is 15.4 Å². The molecule has 3 rings (SSSR count). The molecule has 31 heavy (non-hydrogen) atoms. The van der Waals surface area contributed by atoms with Gasteiger partial charge in [0.25, 0.3) is 11.8 Å². The number of alkyl halides is 1. The number of fused-ring (bicyclic) bond motifs is 1. The van der Waals surface area contributed by atoms with Gasteiger partial charge in [-0.05, 0) is 37.1 Å². The van der Waals surface area contributed by atoms with Gasteiger partial charge >= 0.3 is 6.09 Å². The van der Waals surface area contributed by atoms with Crippen molar-refractivity contribution in [2.45, 2.75) is 13.8 Å². The highest BCUT2D eigenvalue weighted by molar-refractivity contribution is 6.18. The third kappa shape index (κ3) is 4.02. The molecule has 3 amide bonds. The second-order valence-electron chi connectivity index (χ2n) is 6.56. The quantitative estimate of drug-likeness (QED) is 0.584. The molecule has 0 aliphatic rings. The third-order valence-corrected chi connectivity index (χ3v) is 4.90. The van der Waals surface area contributed by atoms with Crippen molar-refractivity contribution < 1.29 is 19.1 Å².